The van der Waals surface area contributed by atoms with Gasteiger partial charge in [-0.3, -0.25) is 0 Å². The molecule has 0 heterocycles. The maximum atomic E-state index is 11.4. The molecule has 0 atom stereocenters. The van der Waals surface area contributed by atoms with Crippen LogP contribution in [0.15, 0.2) is 11.8 Å². The van der Waals surface area contributed by atoms with Crippen LogP contribution in [0.5, 0.6) is 0 Å². The van der Waals surface area contributed by atoms with E-state index in [1.807, 2.05) is 0 Å². The van der Waals surface area contributed by atoms with Gasteiger partial charge in [0.05, 0.1) is 38.3 Å². The molecule has 0 saturated carbocycles. The van der Waals surface area contributed by atoms with E-state index >= 15 is 0 Å². The number of aliphatic hydroxyl groups excluding tert-OH is 2. The highest BCUT2D eigenvalue weighted by molar-refractivity contribution is 5.88. The van der Waals surface area contributed by atoms with Gasteiger partial charge in [0.1, 0.15) is 13.2 Å². The molecule has 0 bridgehead atoms. The van der Waals surface area contributed by atoms with Gasteiger partial charge in [-0.15, -0.1) is 0 Å². The van der Waals surface area contributed by atoms with E-state index in [0.717, 1.165) is 0 Å². The molecule has 0 radical (unpaired) electrons. The second-order valence-electron chi connectivity index (χ2n) is 3.06. The van der Waals surface area contributed by atoms with Gasteiger partial charge in [-0.25, -0.2) is 4.79 Å². The summed E-state index contributed by atoms with van der Waals surface area (Å²) >= 11 is 0. The zero-order valence-corrected chi connectivity index (χ0v) is 10.1. The first-order valence-electron chi connectivity index (χ1n) is 5.53. The molecule has 6 nitrogen and oxygen atoms in total. The van der Waals surface area contributed by atoms with Crippen molar-refractivity contribution in [3.8, 4) is 0 Å². The number of rotatable bonds is 10. The molecule has 0 saturated heterocycles. The van der Waals surface area contributed by atoms with Gasteiger partial charge in [-0.1, -0.05) is 6.92 Å². The predicted octanol–water partition coefficient (Wildman–Crippen LogP) is -0.159. The van der Waals surface area contributed by atoms with Crippen LogP contribution in [0.4, 0.5) is 0 Å². The number of esters is 1. The Morgan fingerprint density at radius 2 is 1.82 bits per heavy atom. The molecule has 0 aliphatic rings. The number of hydrogen-bond acceptors (Lipinski definition) is 6. The zero-order valence-electron chi connectivity index (χ0n) is 10.1. The van der Waals surface area contributed by atoms with Crippen LogP contribution in [-0.2, 0) is 19.0 Å². The number of ether oxygens (including phenoxy) is 3. The van der Waals surface area contributed by atoms with Crippen molar-refractivity contribution in [2.75, 3.05) is 39.6 Å². The number of carbonyl (C=O) groups is 1. The topological polar surface area (TPSA) is 85.2 Å². The van der Waals surface area contributed by atoms with Crippen LogP contribution < -0.4 is 0 Å². The van der Waals surface area contributed by atoms with Crippen molar-refractivity contribution in [1.82, 2.24) is 0 Å². The standard InChI is InChI=1S/C11H20O6/c1-2-10(11(14)17-6-4-13)9-16-8-7-15-5-3-12/h9,12-13H,2-8H2,1H3. The van der Waals surface area contributed by atoms with Crippen molar-refractivity contribution in [3.05, 3.63) is 11.8 Å². The fourth-order valence-corrected chi connectivity index (χ4v) is 0.940. The van der Waals surface area contributed by atoms with E-state index in [4.69, 9.17) is 24.4 Å². The second kappa shape index (κ2) is 11.4. The van der Waals surface area contributed by atoms with Crippen LogP contribution in [0.1, 0.15) is 13.3 Å². The molecule has 6 heteroatoms. The van der Waals surface area contributed by atoms with E-state index < -0.39 is 5.97 Å². The quantitative estimate of drug-likeness (QED) is 0.242. The summed E-state index contributed by atoms with van der Waals surface area (Å²) in [5.74, 6) is -0.488. The molecule has 0 rings (SSSR count). The fourth-order valence-electron chi connectivity index (χ4n) is 0.940. The average molecular weight is 248 g/mol. The lowest BCUT2D eigenvalue weighted by atomic mass is 10.2. The largest absolute Gasteiger partial charge is 0.498 e. The molecule has 0 fully saturated rings. The summed E-state index contributed by atoms with van der Waals surface area (Å²) in [6, 6.07) is 0. The molecule has 17 heavy (non-hydrogen) atoms. The summed E-state index contributed by atoms with van der Waals surface area (Å²) in [5.41, 5.74) is 0.403. The Kier molecular flexibility index (Phi) is 10.6. The first-order chi connectivity index (χ1) is 8.26. The van der Waals surface area contributed by atoms with E-state index in [1.165, 1.54) is 6.26 Å². The SMILES string of the molecule is CCC(=COCCOCCO)C(=O)OCCO. The number of hydrogen-bond donors (Lipinski definition) is 2. The summed E-state index contributed by atoms with van der Waals surface area (Å²) in [4.78, 5) is 11.4. The zero-order chi connectivity index (χ0) is 12.9. The number of carbonyl (C=O) groups excluding carboxylic acids is 1. The number of aliphatic hydroxyl groups is 2. The molecule has 0 aliphatic carbocycles. The molecule has 0 spiro atoms. The van der Waals surface area contributed by atoms with Gasteiger partial charge in [0, 0.05) is 0 Å². The van der Waals surface area contributed by atoms with Crippen molar-refractivity contribution < 1.29 is 29.2 Å². The normalized spacial score (nSPS) is 11.4. The van der Waals surface area contributed by atoms with E-state index in [9.17, 15) is 4.79 Å². The van der Waals surface area contributed by atoms with Gasteiger partial charge in [0.2, 0.25) is 0 Å². The average Bonchev–Trinajstić information content (AvgIpc) is 2.35. The predicted molar refractivity (Wildman–Crippen MR) is 60.3 cm³/mol. The smallest absolute Gasteiger partial charge is 0.337 e. The maximum Gasteiger partial charge on any atom is 0.337 e. The summed E-state index contributed by atoms with van der Waals surface area (Å²) < 4.78 is 14.8. The second-order valence-corrected chi connectivity index (χ2v) is 3.06. The fraction of sp³-hybridized carbons (Fsp3) is 0.727. The first-order valence-corrected chi connectivity index (χ1v) is 5.53. The Labute approximate surface area is 101 Å². The molecule has 0 aliphatic heterocycles. The third-order valence-electron chi connectivity index (χ3n) is 1.77. The third-order valence-corrected chi connectivity index (χ3v) is 1.77. The molecular formula is C11H20O6. The Balaban J connectivity index is 3.79. The van der Waals surface area contributed by atoms with Crippen LogP contribution in [0.2, 0.25) is 0 Å². The minimum absolute atomic E-state index is 0.0181. The Morgan fingerprint density at radius 1 is 1.12 bits per heavy atom. The molecule has 0 amide bonds. The van der Waals surface area contributed by atoms with Gasteiger partial charge in [-0.05, 0) is 6.42 Å². The minimum atomic E-state index is -0.488. The summed E-state index contributed by atoms with van der Waals surface area (Å²) in [6.45, 7) is 2.48. The van der Waals surface area contributed by atoms with Gasteiger partial charge in [-0.2, -0.15) is 0 Å². The lowest BCUT2D eigenvalue weighted by Gasteiger charge is -2.06. The summed E-state index contributed by atoms with van der Waals surface area (Å²) in [7, 11) is 0. The molecule has 2 N–H and O–H groups in total. The van der Waals surface area contributed by atoms with Crippen LogP contribution in [0, 0.1) is 0 Å². The monoisotopic (exact) mass is 248 g/mol. The van der Waals surface area contributed by atoms with Gasteiger partial charge >= 0.3 is 5.97 Å². The van der Waals surface area contributed by atoms with Crippen LogP contribution in [0.3, 0.4) is 0 Å². The highest BCUT2D eigenvalue weighted by atomic mass is 16.5. The van der Waals surface area contributed by atoms with Crippen LogP contribution in [0.25, 0.3) is 0 Å². The maximum absolute atomic E-state index is 11.4. The van der Waals surface area contributed by atoms with Crippen molar-refractivity contribution in [3.63, 3.8) is 0 Å². The minimum Gasteiger partial charge on any atom is -0.498 e. The van der Waals surface area contributed by atoms with Crippen molar-refractivity contribution in [2.24, 2.45) is 0 Å². The highest BCUT2D eigenvalue weighted by Crippen LogP contribution is 2.03. The van der Waals surface area contributed by atoms with Gasteiger partial charge in [0.15, 0.2) is 0 Å². The van der Waals surface area contributed by atoms with Gasteiger partial charge < -0.3 is 24.4 Å². The lowest BCUT2D eigenvalue weighted by molar-refractivity contribution is -0.140. The highest BCUT2D eigenvalue weighted by Gasteiger charge is 2.08. The van der Waals surface area contributed by atoms with E-state index in [0.29, 0.717) is 25.2 Å². The third kappa shape index (κ3) is 8.67. The Hall–Kier alpha value is -1.11. The van der Waals surface area contributed by atoms with E-state index in [2.05, 4.69) is 0 Å². The molecule has 0 aromatic carbocycles. The van der Waals surface area contributed by atoms with Crippen molar-refractivity contribution >= 4 is 5.97 Å². The van der Waals surface area contributed by atoms with E-state index in [-0.39, 0.29) is 26.4 Å². The van der Waals surface area contributed by atoms with Crippen LogP contribution >= 0.6 is 0 Å². The summed E-state index contributed by atoms with van der Waals surface area (Å²) in [5, 5.41) is 16.9. The molecule has 100 valence electrons. The molecule has 0 unspecified atom stereocenters. The van der Waals surface area contributed by atoms with Gasteiger partial charge in [0.25, 0.3) is 0 Å². The lowest BCUT2D eigenvalue weighted by Crippen LogP contribution is -2.11. The first kappa shape index (κ1) is 15.9. The molecule has 0 aromatic rings. The van der Waals surface area contributed by atoms with Crippen LogP contribution in [-0.4, -0.2) is 55.8 Å². The Bertz CT molecular complexity index is 226. The molecular weight excluding hydrogens is 228 g/mol. The van der Waals surface area contributed by atoms with Crippen molar-refractivity contribution in [2.45, 2.75) is 13.3 Å². The molecule has 0 aromatic heterocycles. The van der Waals surface area contributed by atoms with E-state index in [1.54, 1.807) is 6.92 Å². The Morgan fingerprint density at radius 3 is 2.41 bits per heavy atom. The summed E-state index contributed by atoms with van der Waals surface area (Å²) in [6.07, 6.45) is 1.82. The van der Waals surface area contributed by atoms with Crippen molar-refractivity contribution in [1.29, 1.82) is 0 Å².